The van der Waals surface area contributed by atoms with Crippen LogP contribution in [-0.4, -0.2) is 53.3 Å². The number of aromatic nitrogens is 1. The number of rotatable bonds is 10. The van der Waals surface area contributed by atoms with Crippen LogP contribution in [0.2, 0.25) is 0 Å². The molecular formula is C24H23N3O6S2. The third kappa shape index (κ3) is 5.98. The van der Waals surface area contributed by atoms with Crippen molar-refractivity contribution < 1.29 is 28.3 Å². The molecule has 0 aliphatic carbocycles. The van der Waals surface area contributed by atoms with Gasteiger partial charge in [0.2, 0.25) is 5.91 Å². The van der Waals surface area contributed by atoms with Crippen LogP contribution in [0.5, 0.6) is 5.75 Å². The molecule has 2 aromatic carbocycles. The minimum absolute atomic E-state index is 0.160. The van der Waals surface area contributed by atoms with E-state index < -0.39 is 11.9 Å². The van der Waals surface area contributed by atoms with Crippen LogP contribution in [-0.2, 0) is 19.1 Å². The van der Waals surface area contributed by atoms with Crippen molar-refractivity contribution in [2.45, 2.75) is 17.5 Å². The molecule has 0 bridgehead atoms. The number of β-lactam (4-membered cyclic amide) rings is 1. The van der Waals surface area contributed by atoms with Crippen LogP contribution in [0.4, 0.5) is 0 Å². The Bertz CT molecular complexity index is 1210. The van der Waals surface area contributed by atoms with E-state index in [1.165, 1.54) is 39.8 Å². The van der Waals surface area contributed by atoms with Crippen molar-refractivity contribution in [2.75, 3.05) is 20.3 Å². The highest BCUT2D eigenvalue weighted by Gasteiger charge is 2.49. The van der Waals surface area contributed by atoms with Crippen molar-refractivity contribution in [3.05, 3.63) is 66.4 Å². The molecule has 2 amide bonds. The molecule has 1 N–H and O–H groups in total. The smallest absolute Gasteiger partial charge is 0.325 e. The van der Waals surface area contributed by atoms with E-state index in [1.807, 2.05) is 42.5 Å². The Morgan fingerprint density at radius 2 is 1.91 bits per heavy atom. The number of methoxy groups -OCH3 is 1. The molecule has 35 heavy (non-hydrogen) atoms. The fourth-order valence-corrected chi connectivity index (χ4v) is 5.96. The van der Waals surface area contributed by atoms with Crippen LogP contribution < -0.4 is 10.1 Å². The molecule has 3 aromatic rings. The lowest BCUT2D eigenvalue weighted by molar-refractivity contribution is -0.157. The molecule has 0 saturated carbocycles. The normalized spacial score (nSPS) is 17.7. The predicted octanol–water partition coefficient (Wildman–Crippen LogP) is 3.62. The van der Waals surface area contributed by atoms with Crippen molar-refractivity contribution in [2.24, 2.45) is 5.92 Å². The first-order valence-electron chi connectivity index (χ1n) is 10.7. The molecule has 0 radical (unpaired) electrons. The maximum Gasteiger partial charge on any atom is 0.325 e. The number of hydrogen-bond donors (Lipinski definition) is 1. The van der Waals surface area contributed by atoms with E-state index in [0.29, 0.717) is 22.1 Å². The standard InChI is InChI=1S/C24H23N3O6S2/c1-15(12-25-19(28)14-32-16-8-4-3-5-9-16)21-22(30)27(13-20(29)31-2)23(21)34-35-24-26-17-10-6-7-11-18(17)33-24/h3-12,21,23H,13-14H2,1-2H3,(H,25,28). The molecule has 1 aromatic heterocycles. The summed E-state index contributed by atoms with van der Waals surface area (Å²) < 4.78 is 15.9. The molecule has 0 spiro atoms. The highest BCUT2D eigenvalue weighted by molar-refractivity contribution is 8.76. The van der Waals surface area contributed by atoms with Crippen molar-refractivity contribution in [3.8, 4) is 5.75 Å². The number of oxazole rings is 1. The lowest BCUT2D eigenvalue weighted by atomic mass is 9.91. The first kappa shape index (κ1) is 24.7. The zero-order valence-electron chi connectivity index (χ0n) is 19.0. The van der Waals surface area contributed by atoms with Gasteiger partial charge in [0.15, 0.2) is 12.2 Å². The first-order valence-corrected chi connectivity index (χ1v) is 12.9. The van der Waals surface area contributed by atoms with Gasteiger partial charge in [-0.3, -0.25) is 14.4 Å². The largest absolute Gasteiger partial charge is 0.484 e. The van der Waals surface area contributed by atoms with Gasteiger partial charge in [-0.1, -0.05) is 41.1 Å². The second-order valence-electron chi connectivity index (χ2n) is 7.60. The van der Waals surface area contributed by atoms with Gasteiger partial charge in [0.05, 0.1) is 13.0 Å². The second kappa shape index (κ2) is 11.3. The third-order valence-corrected chi connectivity index (χ3v) is 7.67. The maximum atomic E-state index is 12.9. The Morgan fingerprint density at radius 3 is 2.66 bits per heavy atom. The lowest BCUT2D eigenvalue weighted by Gasteiger charge is -2.45. The Balaban J connectivity index is 1.39. The maximum absolute atomic E-state index is 12.9. The zero-order chi connectivity index (χ0) is 24.8. The molecule has 1 fully saturated rings. The number of fused-ring (bicyclic) bond motifs is 1. The second-order valence-corrected chi connectivity index (χ2v) is 9.86. The predicted molar refractivity (Wildman–Crippen MR) is 132 cm³/mol. The van der Waals surface area contributed by atoms with Crippen LogP contribution in [0, 0.1) is 5.92 Å². The quantitative estimate of drug-likeness (QED) is 0.247. The van der Waals surface area contributed by atoms with Gasteiger partial charge in [-0.2, -0.15) is 0 Å². The number of ether oxygens (including phenoxy) is 2. The van der Waals surface area contributed by atoms with E-state index in [0.717, 1.165) is 5.52 Å². The van der Waals surface area contributed by atoms with Gasteiger partial charge in [0.25, 0.3) is 11.1 Å². The van der Waals surface area contributed by atoms with Crippen LogP contribution in [0.25, 0.3) is 11.1 Å². The van der Waals surface area contributed by atoms with Crippen molar-refractivity contribution in [1.29, 1.82) is 0 Å². The number of nitrogens with one attached hydrogen (secondary N) is 1. The van der Waals surface area contributed by atoms with Gasteiger partial charge in [-0.05, 0) is 36.8 Å². The summed E-state index contributed by atoms with van der Waals surface area (Å²) in [5, 5.41) is 2.73. The van der Waals surface area contributed by atoms with Crippen molar-refractivity contribution in [1.82, 2.24) is 15.2 Å². The summed E-state index contributed by atoms with van der Waals surface area (Å²) in [4.78, 5) is 42.7. The molecular weight excluding hydrogens is 490 g/mol. The zero-order valence-corrected chi connectivity index (χ0v) is 20.6. The third-order valence-electron chi connectivity index (χ3n) is 5.23. The molecule has 2 atom stereocenters. The van der Waals surface area contributed by atoms with Gasteiger partial charge in [0.1, 0.15) is 23.2 Å². The van der Waals surface area contributed by atoms with Gasteiger partial charge in [0, 0.05) is 17.0 Å². The first-order chi connectivity index (χ1) is 17.0. The number of likely N-dealkylation sites (tertiary alicyclic amines) is 1. The van der Waals surface area contributed by atoms with E-state index in [-0.39, 0.29) is 30.3 Å². The van der Waals surface area contributed by atoms with Gasteiger partial charge < -0.3 is 24.1 Å². The number of nitrogens with zero attached hydrogens (tertiary/aromatic N) is 2. The molecule has 11 heteroatoms. The number of carbonyl (C=O) groups excluding carboxylic acids is 3. The molecule has 182 valence electrons. The van der Waals surface area contributed by atoms with E-state index >= 15 is 0 Å². The van der Waals surface area contributed by atoms with Gasteiger partial charge in [-0.15, -0.1) is 0 Å². The fourth-order valence-electron chi connectivity index (χ4n) is 3.39. The summed E-state index contributed by atoms with van der Waals surface area (Å²) in [6.45, 7) is 1.43. The Kier molecular flexibility index (Phi) is 7.98. The van der Waals surface area contributed by atoms with E-state index in [2.05, 4.69) is 10.3 Å². The number of para-hydroxylation sites is 3. The van der Waals surface area contributed by atoms with Crippen molar-refractivity contribution in [3.63, 3.8) is 0 Å². The lowest BCUT2D eigenvalue weighted by Crippen LogP contribution is -2.60. The summed E-state index contributed by atoms with van der Waals surface area (Å²) in [6.07, 6.45) is 1.51. The molecule has 2 unspecified atom stereocenters. The highest BCUT2D eigenvalue weighted by Crippen LogP contribution is 2.46. The molecule has 4 rings (SSSR count). The summed E-state index contributed by atoms with van der Waals surface area (Å²) >= 11 is 0. The van der Waals surface area contributed by atoms with E-state index in [9.17, 15) is 14.4 Å². The number of amides is 2. The molecule has 1 aliphatic heterocycles. The number of esters is 1. The molecule has 2 heterocycles. The summed E-state index contributed by atoms with van der Waals surface area (Å²) in [5.41, 5.74) is 2.05. The molecule has 1 saturated heterocycles. The molecule has 1 aliphatic rings. The Labute approximate surface area is 209 Å². The van der Waals surface area contributed by atoms with Crippen LogP contribution in [0.1, 0.15) is 6.92 Å². The molecule has 9 nitrogen and oxygen atoms in total. The Hall–Kier alpha value is -3.44. The van der Waals surface area contributed by atoms with Gasteiger partial charge in [-0.25, -0.2) is 4.98 Å². The van der Waals surface area contributed by atoms with E-state index in [1.54, 1.807) is 19.1 Å². The fraction of sp³-hybridized carbons (Fsp3) is 0.250. The number of carbonyl (C=O) groups is 3. The van der Waals surface area contributed by atoms with Gasteiger partial charge >= 0.3 is 5.97 Å². The monoisotopic (exact) mass is 513 g/mol. The van der Waals surface area contributed by atoms with Crippen LogP contribution in [0.3, 0.4) is 0 Å². The van der Waals surface area contributed by atoms with Crippen LogP contribution in [0.15, 0.2) is 76.0 Å². The number of benzene rings is 2. The highest BCUT2D eigenvalue weighted by atomic mass is 33.1. The minimum atomic E-state index is -0.531. The summed E-state index contributed by atoms with van der Waals surface area (Å²) in [6, 6.07) is 16.4. The van der Waals surface area contributed by atoms with Crippen molar-refractivity contribution >= 4 is 50.5 Å². The topological polar surface area (TPSA) is 111 Å². The number of hydrogen-bond acceptors (Lipinski definition) is 9. The average molecular weight is 514 g/mol. The minimum Gasteiger partial charge on any atom is -0.484 e. The van der Waals surface area contributed by atoms with E-state index in [4.69, 9.17) is 13.9 Å². The SMILES string of the molecule is COC(=O)CN1C(=O)C(C(C)=CNC(=O)COc2ccccc2)C1SSc1nc2ccccc2o1. The summed E-state index contributed by atoms with van der Waals surface area (Å²) in [7, 11) is 3.91. The Morgan fingerprint density at radius 1 is 1.17 bits per heavy atom. The average Bonchev–Trinajstić information content (AvgIpc) is 3.30. The summed E-state index contributed by atoms with van der Waals surface area (Å²) in [5.74, 6) is -1.03. The van der Waals surface area contributed by atoms with Crippen LogP contribution >= 0.6 is 21.6 Å².